The first-order chi connectivity index (χ1) is 16.9. The highest BCUT2D eigenvalue weighted by atomic mass is 16.5. The fraction of sp³-hybridized carbons (Fsp3) is 0.423. The molecule has 0 unspecified atom stereocenters. The van der Waals surface area contributed by atoms with E-state index in [9.17, 15) is 19.2 Å². The lowest BCUT2D eigenvalue weighted by molar-refractivity contribution is -0.143. The molecule has 3 heterocycles. The number of nitrogens with zero attached hydrogens (tertiary/aromatic N) is 3. The van der Waals surface area contributed by atoms with Crippen molar-refractivity contribution in [2.75, 3.05) is 26.2 Å². The predicted molar refractivity (Wildman–Crippen MR) is 127 cm³/mol. The Bertz CT molecular complexity index is 1080. The second-order valence-electron chi connectivity index (χ2n) is 9.12. The molecule has 2 aromatic rings. The Kier molecular flexibility index (Phi) is 7.43. The minimum atomic E-state index is -1.26. The summed E-state index contributed by atoms with van der Waals surface area (Å²) >= 11 is 0. The zero-order chi connectivity index (χ0) is 24.8. The molecule has 1 aromatic heterocycles. The highest BCUT2D eigenvalue weighted by molar-refractivity contribution is 6.10. The van der Waals surface area contributed by atoms with Crippen LogP contribution < -0.4 is 10.5 Å². The van der Waals surface area contributed by atoms with Crippen LogP contribution >= 0.6 is 0 Å². The standard InChI is InChI=1S/C26H30N4O5/c27-24(33)19-7-5-12-29(18-19)22(31)15-26(20-8-2-1-3-9-20)16-23(32)30(25(26)34)13-6-14-35-21-10-4-11-28-17-21/h1-4,8-11,17,19H,5-7,12-16,18H2,(H2,27,33)/t19-,26-/m1/s1. The van der Waals surface area contributed by atoms with E-state index in [0.29, 0.717) is 43.7 Å². The lowest BCUT2D eigenvalue weighted by Gasteiger charge is -2.34. The van der Waals surface area contributed by atoms with Crippen LogP contribution in [0.5, 0.6) is 5.75 Å². The van der Waals surface area contributed by atoms with E-state index in [4.69, 9.17) is 10.5 Å². The molecule has 0 spiro atoms. The van der Waals surface area contributed by atoms with Gasteiger partial charge in [-0.2, -0.15) is 0 Å². The van der Waals surface area contributed by atoms with Crippen molar-refractivity contribution in [3.05, 3.63) is 60.4 Å². The van der Waals surface area contributed by atoms with Gasteiger partial charge in [-0.15, -0.1) is 0 Å². The largest absolute Gasteiger partial charge is 0.492 e. The fourth-order valence-corrected chi connectivity index (χ4v) is 4.90. The van der Waals surface area contributed by atoms with Crippen LogP contribution in [-0.4, -0.2) is 64.7 Å². The van der Waals surface area contributed by atoms with E-state index in [2.05, 4.69) is 4.98 Å². The molecule has 9 heteroatoms. The molecule has 2 N–H and O–H groups in total. The lowest BCUT2D eigenvalue weighted by Crippen LogP contribution is -2.48. The summed E-state index contributed by atoms with van der Waals surface area (Å²) in [6.45, 7) is 1.28. The Hall–Kier alpha value is -3.75. The summed E-state index contributed by atoms with van der Waals surface area (Å²) in [7, 11) is 0. The van der Waals surface area contributed by atoms with Crippen molar-refractivity contribution in [3.63, 3.8) is 0 Å². The summed E-state index contributed by atoms with van der Waals surface area (Å²) in [6, 6.07) is 12.6. The number of likely N-dealkylation sites (tertiary alicyclic amines) is 2. The maximum atomic E-state index is 13.7. The SMILES string of the molecule is NC(=O)[C@@H]1CCCN(C(=O)C[C@]2(c3ccccc3)CC(=O)N(CCCOc3cccnc3)C2=O)C1. The number of carbonyl (C=O) groups excluding carboxylic acids is 4. The first-order valence-electron chi connectivity index (χ1n) is 11.9. The van der Waals surface area contributed by atoms with E-state index in [1.165, 1.54) is 4.90 Å². The van der Waals surface area contributed by atoms with E-state index >= 15 is 0 Å². The number of piperidine rings is 1. The molecule has 0 bridgehead atoms. The number of aromatic nitrogens is 1. The Balaban J connectivity index is 1.48. The first kappa shape index (κ1) is 24.4. The predicted octanol–water partition coefficient (Wildman–Crippen LogP) is 1.66. The van der Waals surface area contributed by atoms with Crippen LogP contribution in [0, 0.1) is 5.92 Å². The second-order valence-corrected chi connectivity index (χ2v) is 9.12. The van der Waals surface area contributed by atoms with Gasteiger partial charge < -0.3 is 15.4 Å². The summed E-state index contributed by atoms with van der Waals surface area (Å²) in [5.74, 6) is -1.12. The number of nitrogens with two attached hydrogens (primary N) is 1. The van der Waals surface area contributed by atoms with Crippen molar-refractivity contribution < 1.29 is 23.9 Å². The van der Waals surface area contributed by atoms with Gasteiger partial charge in [0.15, 0.2) is 0 Å². The van der Waals surface area contributed by atoms with E-state index in [0.717, 1.165) is 0 Å². The smallest absolute Gasteiger partial charge is 0.240 e. The van der Waals surface area contributed by atoms with Crippen LogP contribution in [0.4, 0.5) is 0 Å². The summed E-state index contributed by atoms with van der Waals surface area (Å²) in [5, 5.41) is 0. The number of carbonyl (C=O) groups is 4. The van der Waals surface area contributed by atoms with Crippen molar-refractivity contribution in [1.82, 2.24) is 14.8 Å². The van der Waals surface area contributed by atoms with Crippen molar-refractivity contribution in [2.45, 2.75) is 37.5 Å². The van der Waals surface area contributed by atoms with Gasteiger partial charge in [0.1, 0.15) is 5.75 Å². The van der Waals surface area contributed by atoms with E-state index in [1.54, 1.807) is 53.7 Å². The molecule has 4 amide bonds. The van der Waals surface area contributed by atoms with E-state index in [1.807, 2.05) is 6.07 Å². The molecule has 0 radical (unpaired) electrons. The molecule has 2 aliphatic rings. The average Bonchev–Trinajstić information content (AvgIpc) is 3.12. The Morgan fingerprint density at radius 2 is 1.94 bits per heavy atom. The monoisotopic (exact) mass is 478 g/mol. The molecule has 35 heavy (non-hydrogen) atoms. The third-order valence-corrected chi connectivity index (χ3v) is 6.79. The minimum absolute atomic E-state index is 0.0713. The van der Waals surface area contributed by atoms with E-state index < -0.39 is 17.2 Å². The van der Waals surface area contributed by atoms with Gasteiger partial charge in [0.2, 0.25) is 23.6 Å². The third-order valence-electron chi connectivity index (χ3n) is 6.79. The molecule has 2 aliphatic heterocycles. The van der Waals surface area contributed by atoms with Crippen LogP contribution in [0.15, 0.2) is 54.9 Å². The number of primary amides is 1. The Morgan fingerprint density at radius 3 is 2.66 bits per heavy atom. The van der Waals surface area contributed by atoms with Crippen LogP contribution in [0.1, 0.15) is 37.7 Å². The van der Waals surface area contributed by atoms with Crippen molar-refractivity contribution >= 4 is 23.6 Å². The summed E-state index contributed by atoms with van der Waals surface area (Å²) in [4.78, 5) is 58.6. The number of ether oxygens (including phenoxy) is 1. The maximum Gasteiger partial charge on any atom is 0.240 e. The van der Waals surface area contributed by atoms with Crippen molar-refractivity contribution in [1.29, 1.82) is 0 Å². The third kappa shape index (κ3) is 5.34. The van der Waals surface area contributed by atoms with Crippen LogP contribution in [0.2, 0.25) is 0 Å². The normalized spacial score (nSPS) is 22.3. The fourth-order valence-electron chi connectivity index (χ4n) is 4.90. The van der Waals surface area contributed by atoms with Crippen LogP contribution in [0.3, 0.4) is 0 Å². The first-order valence-corrected chi connectivity index (χ1v) is 11.9. The van der Waals surface area contributed by atoms with Gasteiger partial charge >= 0.3 is 0 Å². The zero-order valence-electron chi connectivity index (χ0n) is 19.6. The molecule has 0 aliphatic carbocycles. The number of amides is 4. The Labute approximate surface area is 204 Å². The summed E-state index contributed by atoms with van der Waals surface area (Å²) in [6.07, 6.45) is 4.83. The number of hydrogen-bond acceptors (Lipinski definition) is 6. The minimum Gasteiger partial charge on any atom is -0.492 e. The lowest BCUT2D eigenvalue weighted by atomic mass is 9.75. The number of hydrogen-bond donors (Lipinski definition) is 1. The molecular weight excluding hydrogens is 448 g/mol. The highest BCUT2D eigenvalue weighted by Crippen LogP contribution is 2.40. The zero-order valence-corrected chi connectivity index (χ0v) is 19.6. The van der Waals surface area contributed by atoms with Crippen LogP contribution in [-0.2, 0) is 24.6 Å². The van der Waals surface area contributed by atoms with Crippen LogP contribution in [0.25, 0.3) is 0 Å². The number of benzene rings is 1. The maximum absolute atomic E-state index is 13.7. The molecule has 1 aromatic carbocycles. The molecule has 4 rings (SSSR count). The van der Waals surface area contributed by atoms with Gasteiger partial charge in [-0.1, -0.05) is 30.3 Å². The molecule has 9 nitrogen and oxygen atoms in total. The second kappa shape index (κ2) is 10.7. The quantitative estimate of drug-likeness (QED) is 0.432. The number of imide groups is 1. The van der Waals surface area contributed by atoms with E-state index in [-0.39, 0.29) is 43.7 Å². The van der Waals surface area contributed by atoms with Gasteiger partial charge in [0, 0.05) is 38.7 Å². The summed E-state index contributed by atoms with van der Waals surface area (Å²) < 4.78 is 5.64. The van der Waals surface area contributed by atoms with Gasteiger partial charge in [-0.25, -0.2) is 0 Å². The molecule has 2 saturated heterocycles. The van der Waals surface area contributed by atoms with Crippen molar-refractivity contribution in [3.8, 4) is 5.75 Å². The molecule has 0 saturated carbocycles. The highest BCUT2D eigenvalue weighted by Gasteiger charge is 2.54. The molecule has 2 fully saturated rings. The van der Waals surface area contributed by atoms with Crippen molar-refractivity contribution in [2.24, 2.45) is 11.7 Å². The molecular formula is C26H30N4O5. The van der Waals surface area contributed by atoms with Gasteiger partial charge in [0.25, 0.3) is 0 Å². The van der Waals surface area contributed by atoms with Gasteiger partial charge in [-0.3, -0.25) is 29.1 Å². The Morgan fingerprint density at radius 1 is 1.14 bits per heavy atom. The number of pyridine rings is 1. The van der Waals surface area contributed by atoms with Gasteiger partial charge in [0.05, 0.1) is 24.1 Å². The molecule has 2 atom stereocenters. The summed E-state index contributed by atoms with van der Waals surface area (Å²) in [5.41, 5.74) is 4.85. The number of rotatable bonds is 9. The topological polar surface area (TPSA) is 123 Å². The van der Waals surface area contributed by atoms with Gasteiger partial charge in [-0.05, 0) is 37.0 Å². The average molecular weight is 479 g/mol. The molecule has 184 valence electrons.